The first kappa shape index (κ1) is 13.5. The maximum absolute atomic E-state index is 11.1. The van der Waals surface area contributed by atoms with Gasteiger partial charge in [-0.05, 0) is 24.3 Å². The van der Waals surface area contributed by atoms with E-state index < -0.39 is 23.9 Å². The third-order valence-electron chi connectivity index (χ3n) is 2.09. The van der Waals surface area contributed by atoms with Crippen molar-refractivity contribution in [3.05, 3.63) is 29.8 Å². The van der Waals surface area contributed by atoms with Crippen LogP contribution in [0.15, 0.2) is 24.3 Å². The van der Waals surface area contributed by atoms with Gasteiger partial charge in [0.2, 0.25) is 0 Å². The molecule has 0 aliphatic carbocycles. The number of hydrogen-bond donors (Lipinski definition) is 1. The SMILES string of the molecule is COC(=O)c1ccc(NC(C(=O)[O-])C(=O)[O-])cc1. The van der Waals surface area contributed by atoms with E-state index in [0.717, 1.165) is 0 Å². The lowest BCUT2D eigenvalue weighted by Crippen LogP contribution is -2.52. The third kappa shape index (κ3) is 3.21. The molecule has 0 amide bonds. The molecule has 0 radical (unpaired) electrons. The van der Waals surface area contributed by atoms with Gasteiger partial charge in [0.25, 0.3) is 0 Å². The van der Waals surface area contributed by atoms with Gasteiger partial charge >= 0.3 is 5.97 Å². The van der Waals surface area contributed by atoms with Crippen molar-refractivity contribution in [2.24, 2.45) is 0 Å². The number of aliphatic carboxylic acids is 2. The van der Waals surface area contributed by atoms with Gasteiger partial charge in [0, 0.05) is 5.69 Å². The average Bonchev–Trinajstić information content (AvgIpc) is 2.35. The third-order valence-corrected chi connectivity index (χ3v) is 2.09. The Hall–Kier alpha value is -2.57. The van der Waals surface area contributed by atoms with Crippen LogP contribution in [0.25, 0.3) is 0 Å². The van der Waals surface area contributed by atoms with Crippen LogP contribution in [0.1, 0.15) is 10.4 Å². The highest BCUT2D eigenvalue weighted by atomic mass is 16.5. The van der Waals surface area contributed by atoms with Gasteiger partial charge in [-0.1, -0.05) is 0 Å². The van der Waals surface area contributed by atoms with Gasteiger partial charge in [0.15, 0.2) is 0 Å². The number of anilines is 1. The highest BCUT2D eigenvalue weighted by Crippen LogP contribution is 2.11. The minimum absolute atomic E-state index is 0.195. The predicted molar refractivity (Wildman–Crippen MR) is 55.2 cm³/mol. The molecule has 0 fully saturated rings. The number of benzene rings is 1. The Morgan fingerprint density at radius 1 is 1.11 bits per heavy atom. The van der Waals surface area contributed by atoms with E-state index in [2.05, 4.69) is 10.1 Å². The number of carboxylic acid groups (broad SMARTS) is 2. The Balaban J connectivity index is 2.83. The smallest absolute Gasteiger partial charge is 0.337 e. The number of carbonyl (C=O) groups is 3. The van der Waals surface area contributed by atoms with Crippen LogP contribution in [0.3, 0.4) is 0 Å². The zero-order chi connectivity index (χ0) is 13.7. The van der Waals surface area contributed by atoms with Gasteiger partial charge in [-0.3, -0.25) is 0 Å². The van der Waals surface area contributed by atoms with E-state index in [4.69, 9.17) is 0 Å². The summed E-state index contributed by atoms with van der Waals surface area (Å²) in [5, 5.41) is 23.2. The second-order valence-corrected chi connectivity index (χ2v) is 3.28. The lowest BCUT2D eigenvalue weighted by molar-refractivity contribution is -0.324. The van der Waals surface area contributed by atoms with Crippen LogP contribution in [0.2, 0.25) is 0 Å². The summed E-state index contributed by atoms with van der Waals surface area (Å²) in [5.41, 5.74) is 0.447. The first-order valence-corrected chi connectivity index (χ1v) is 4.82. The minimum atomic E-state index is -1.96. The maximum atomic E-state index is 11.1. The van der Waals surface area contributed by atoms with E-state index in [1.807, 2.05) is 0 Å². The molecule has 0 unspecified atom stereocenters. The minimum Gasteiger partial charge on any atom is -0.547 e. The molecule has 0 aromatic heterocycles. The van der Waals surface area contributed by atoms with Crippen LogP contribution in [0.5, 0.6) is 0 Å². The topological polar surface area (TPSA) is 119 Å². The zero-order valence-corrected chi connectivity index (χ0v) is 9.34. The molecule has 0 bridgehead atoms. The summed E-state index contributed by atoms with van der Waals surface area (Å²) in [7, 11) is 1.22. The molecule has 1 aromatic rings. The van der Waals surface area contributed by atoms with Crippen molar-refractivity contribution >= 4 is 23.6 Å². The molecule has 7 heteroatoms. The summed E-state index contributed by atoms with van der Waals surface area (Å²) >= 11 is 0. The molecule has 0 saturated carbocycles. The van der Waals surface area contributed by atoms with Gasteiger partial charge < -0.3 is 29.9 Å². The van der Waals surface area contributed by atoms with E-state index in [-0.39, 0.29) is 11.3 Å². The van der Waals surface area contributed by atoms with Crippen molar-refractivity contribution in [1.82, 2.24) is 0 Å². The van der Waals surface area contributed by atoms with Gasteiger partial charge in [0.1, 0.15) is 6.04 Å². The Bertz CT molecular complexity index is 453. The molecule has 0 aliphatic rings. The van der Waals surface area contributed by atoms with Crippen molar-refractivity contribution in [1.29, 1.82) is 0 Å². The van der Waals surface area contributed by atoms with Gasteiger partial charge in [0.05, 0.1) is 24.6 Å². The molecule has 0 spiro atoms. The van der Waals surface area contributed by atoms with Crippen LogP contribution in [-0.2, 0) is 14.3 Å². The quantitative estimate of drug-likeness (QED) is 0.464. The van der Waals surface area contributed by atoms with Crippen LogP contribution in [0, 0.1) is 0 Å². The highest BCUT2D eigenvalue weighted by Gasteiger charge is 2.11. The molecule has 1 rings (SSSR count). The lowest BCUT2D eigenvalue weighted by atomic mass is 10.2. The molecule has 0 aliphatic heterocycles. The fourth-order valence-electron chi connectivity index (χ4n) is 1.20. The number of methoxy groups -OCH3 is 1. The van der Waals surface area contributed by atoms with Crippen molar-refractivity contribution in [3.8, 4) is 0 Å². The zero-order valence-electron chi connectivity index (χ0n) is 9.34. The largest absolute Gasteiger partial charge is 0.547 e. The van der Waals surface area contributed by atoms with Crippen molar-refractivity contribution < 1.29 is 29.3 Å². The summed E-state index contributed by atoms with van der Waals surface area (Å²) < 4.78 is 4.47. The van der Waals surface area contributed by atoms with Crippen LogP contribution >= 0.6 is 0 Å². The Morgan fingerprint density at radius 2 is 1.61 bits per heavy atom. The van der Waals surface area contributed by atoms with Crippen LogP contribution in [0.4, 0.5) is 5.69 Å². The lowest BCUT2D eigenvalue weighted by Gasteiger charge is -2.21. The maximum Gasteiger partial charge on any atom is 0.337 e. The number of carboxylic acids is 2. The van der Waals surface area contributed by atoms with E-state index in [1.54, 1.807) is 0 Å². The first-order valence-electron chi connectivity index (χ1n) is 4.82. The van der Waals surface area contributed by atoms with Crippen molar-refractivity contribution in [2.45, 2.75) is 6.04 Å². The highest BCUT2D eigenvalue weighted by molar-refractivity contribution is 5.98. The van der Waals surface area contributed by atoms with E-state index in [9.17, 15) is 24.6 Å². The summed E-state index contributed by atoms with van der Waals surface area (Å²) in [4.78, 5) is 32.1. The molecule has 0 saturated heterocycles. The predicted octanol–water partition coefficient (Wildman–Crippen LogP) is -2.25. The van der Waals surface area contributed by atoms with E-state index in [1.165, 1.54) is 31.4 Å². The number of rotatable bonds is 5. The summed E-state index contributed by atoms with van der Waals surface area (Å²) in [6, 6.07) is 3.43. The van der Waals surface area contributed by atoms with E-state index >= 15 is 0 Å². The second kappa shape index (κ2) is 5.67. The number of ether oxygens (including phenoxy) is 1. The molecule has 0 heterocycles. The van der Waals surface area contributed by atoms with E-state index in [0.29, 0.717) is 0 Å². The molecular formula is C11H9NO6-2. The fraction of sp³-hybridized carbons (Fsp3) is 0.182. The number of nitrogens with one attached hydrogen (secondary N) is 1. The Kier molecular flexibility index (Phi) is 4.25. The molecule has 18 heavy (non-hydrogen) atoms. The summed E-state index contributed by atoms with van der Waals surface area (Å²) in [6.07, 6.45) is 0. The molecule has 0 atom stereocenters. The normalized spacial score (nSPS) is 9.89. The molecule has 7 nitrogen and oxygen atoms in total. The summed E-state index contributed by atoms with van der Waals surface area (Å²) in [6.45, 7) is 0. The Labute approximate surface area is 102 Å². The molecule has 1 aromatic carbocycles. The van der Waals surface area contributed by atoms with Gasteiger partial charge in [-0.2, -0.15) is 0 Å². The second-order valence-electron chi connectivity index (χ2n) is 3.28. The Morgan fingerprint density at radius 3 is 2.00 bits per heavy atom. The molecule has 96 valence electrons. The van der Waals surface area contributed by atoms with Gasteiger partial charge in [-0.25, -0.2) is 4.79 Å². The number of hydrogen-bond acceptors (Lipinski definition) is 7. The van der Waals surface area contributed by atoms with Crippen molar-refractivity contribution in [3.63, 3.8) is 0 Å². The summed E-state index contributed by atoms with van der Waals surface area (Å²) in [5.74, 6) is -4.18. The fourth-order valence-corrected chi connectivity index (χ4v) is 1.20. The standard InChI is InChI=1S/C11H11NO6/c1-18-11(17)6-2-4-7(5-3-6)12-8(9(13)14)10(15)16/h2-5,8,12H,1H3,(H,13,14)(H,15,16)/p-2. The van der Waals surface area contributed by atoms with Crippen LogP contribution in [-0.4, -0.2) is 31.1 Å². The molecule has 1 N–H and O–H groups in total. The molecular weight excluding hydrogens is 242 g/mol. The van der Waals surface area contributed by atoms with Crippen molar-refractivity contribution in [2.75, 3.05) is 12.4 Å². The number of carbonyl (C=O) groups excluding carboxylic acids is 3. The van der Waals surface area contributed by atoms with Gasteiger partial charge in [-0.15, -0.1) is 0 Å². The number of esters is 1. The monoisotopic (exact) mass is 251 g/mol. The average molecular weight is 251 g/mol. The van der Waals surface area contributed by atoms with Crippen LogP contribution < -0.4 is 15.5 Å². The first-order chi connectivity index (χ1) is 8.45.